The lowest BCUT2D eigenvalue weighted by molar-refractivity contribution is 0.102. The van der Waals surface area contributed by atoms with E-state index in [1.807, 2.05) is 17.7 Å². The van der Waals surface area contributed by atoms with Gasteiger partial charge in [-0.05, 0) is 37.3 Å². The Labute approximate surface area is 126 Å². The van der Waals surface area contributed by atoms with Gasteiger partial charge in [-0.25, -0.2) is 14.4 Å². The second-order valence-corrected chi connectivity index (χ2v) is 4.71. The van der Waals surface area contributed by atoms with Crippen LogP contribution in [0.25, 0.3) is 5.82 Å². The van der Waals surface area contributed by atoms with Crippen LogP contribution in [0.3, 0.4) is 0 Å². The van der Waals surface area contributed by atoms with E-state index in [-0.39, 0.29) is 11.5 Å². The third-order valence-corrected chi connectivity index (χ3v) is 3.17. The van der Waals surface area contributed by atoms with E-state index in [1.165, 1.54) is 18.2 Å². The van der Waals surface area contributed by atoms with Gasteiger partial charge in [0.2, 0.25) is 0 Å². The monoisotopic (exact) mass is 296 g/mol. The average Bonchev–Trinajstić information content (AvgIpc) is 2.94. The van der Waals surface area contributed by atoms with Crippen LogP contribution in [0.2, 0.25) is 0 Å². The van der Waals surface area contributed by atoms with E-state index >= 15 is 0 Å². The summed E-state index contributed by atoms with van der Waals surface area (Å²) in [6.07, 6.45) is 5.05. The molecular formula is C16H13FN4O. The van der Waals surface area contributed by atoms with E-state index in [1.54, 1.807) is 30.6 Å². The fourth-order valence-electron chi connectivity index (χ4n) is 2.06. The van der Waals surface area contributed by atoms with Crippen molar-refractivity contribution in [2.24, 2.45) is 0 Å². The summed E-state index contributed by atoms with van der Waals surface area (Å²) in [6.45, 7) is 1.88. The maximum Gasteiger partial charge on any atom is 0.255 e. The third-order valence-electron chi connectivity index (χ3n) is 3.17. The number of hydrogen-bond acceptors (Lipinski definition) is 3. The molecule has 110 valence electrons. The largest absolute Gasteiger partial charge is 0.321 e. The lowest BCUT2D eigenvalue weighted by atomic mass is 10.2. The molecule has 0 fully saturated rings. The minimum absolute atomic E-state index is 0.259. The molecule has 3 rings (SSSR count). The van der Waals surface area contributed by atoms with Crippen LogP contribution in [0, 0.1) is 12.7 Å². The molecule has 22 heavy (non-hydrogen) atoms. The molecule has 1 N–H and O–H groups in total. The lowest BCUT2D eigenvalue weighted by Crippen LogP contribution is -2.12. The van der Waals surface area contributed by atoms with Crippen molar-refractivity contribution in [3.63, 3.8) is 0 Å². The van der Waals surface area contributed by atoms with E-state index in [9.17, 15) is 9.18 Å². The molecule has 0 aliphatic heterocycles. The van der Waals surface area contributed by atoms with Gasteiger partial charge in [0.25, 0.3) is 5.91 Å². The number of nitrogens with zero attached hydrogens (tertiary/aromatic N) is 3. The van der Waals surface area contributed by atoms with Gasteiger partial charge in [0.15, 0.2) is 0 Å². The summed E-state index contributed by atoms with van der Waals surface area (Å²) in [7, 11) is 0. The number of halogens is 1. The standard InChI is InChI=1S/C16H13FN4O/c1-11-18-7-8-21(11)15-6-5-14(10-19-15)20-16(22)12-3-2-4-13(17)9-12/h2-10H,1H3,(H,20,22). The smallest absolute Gasteiger partial charge is 0.255 e. The normalized spacial score (nSPS) is 10.5. The van der Waals surface area contributed by atoms with E-state index in [2.05, 4.69) is 15.3 Å². The number of imidazole rings is 1. The van der Waals surface area contributed by atoms with Crippen molar-refractivity contribution in [2.75, 3.05) is 5.32 Å². The SMILES string of the molecule is Cc1nccn1-c1ccc(NC(=O)c2cccc(F)c2)cn1. The van der Waals surface area contributed by atoms with Gasteiger partial charge in [-0.15, -0.1) is 0 Å². The van der Waals surface area contributed by atoms with Gasteiger partial charge in [0.05, 0.1) is 11.9 Å². The number of nitrogens with one attached hydrogen (secondary N) is 1. The predicted molar refractivity (Wildman–Crippen MR) is 80.4 cm³/mol. The molecule has 2 heterocycles. The zero-order valence-corrected chi connectivity index (χ0v) is 11.8. The van der Waals surface area contributed by atoms with Gasteiger partial charge < -0.3 is 5.32 Å². The number of aromatic nitrogens is 3. The van der Waals surface area contributed by atoms with Gasteiger partial charge in [0, 0.05) is 18.0 Å². The number of carbonyl (C=O) groups is 1. The summed E-state index contributed by atoms with van der Waals surface area (Å²) in [5, 5.41) is 2.68. The third kappa shape index (κ3) is 2.85. The Morgan fingerprint density at radius 1 is 1.23 bits per heavy atom. The number of amides is 1. The molecule has 1 amide bonds. The summed E-state index contributed by atoms with van der Waals surface area (Å²) in [5.41, 5.74) is 0.797. The van der Waals surface area contributed by atoms with Crippen LogP contribution in [0.5, 0.6) is 0 Å². The topological polar surface area (TPSA) is 59.8 Å². The second-order valence-electron chi connectivity index (χ2n) is 4.71. The van der Waals surface area contributed by atoms with Crippen LogP contribution in [0.15, 0.2) is 55.0 Å². The van der Waals surface area contributed by atoms with Crippen LogP contribution in [0.4, 0.5) is 10.1 Å². The number of carbonyl (C=O) groups excluding carboxylic acids is 1. The number of pyridine rings is 1. The minimum atomic E-state index is -0.447. The molecule has 1 aromatic carbocycles. The van der Waals surface area contributed by atoms with E-state index in [0.29, 0.717) is 11.5 Å². The zero-order valence-electron chi connectivity index (χ0n) is 11.8. The van der Waals surface area contributed by atoms with E-state index in [4.69, 9.17) is 0 Å². The molecule has 0 aliphatic carbocycles. The highest BCUT2D eigenvalue weighted by atomic mass is 19.1. The molecule has 6 heteroatoms. The van der Waals surface area contributed by atoms with Gasteiger partial charge in [-0.1, -0.05) is 6.07 Å². The first kappa shape index (κ1) is 13.9. The Morgan fingerprint density at radius 3 is 2.73 bits per heavy atom. The number of hydrogen-bond donors (Lipinski definition) is 1. The van der Waals surface area contributed by atoms with Crippen molar-refractivity contribution in [3.8, 4) is 5.82 Å². The first-order valence-electron chi connectivity index (χ1n) is 6.67. The Morgan fingerprint density at radius 2 is 2.09 bits per heavy atom. The summed E-state index contributed by atoms with van der Waals surface area (Å²) in [6, 6.07) is 9.03. The first-order chi connectivity index (χ1) is 10.6. The van der Waals surface area contributed by atoms with Crippen molar-refractivity contribution < 1.29 is 9.18 Å². The molecule has 0 radical (unpaired) electrons. The zero-order chi connectivity index (χ0) is 15.5. The fraction of sp³-hybridized carbons (Fsp3) is 0.0625. The molecule has 0 aliphatic rings. The summed E-state index contributed by atoms with van der Waals surface area (Å²) >= 11 is 0. The number of anilines is 1. The summed E-state index contributed by atoms with van der Waals surface area (Å²) < 4.78 is 14.9. The van der Waals surface area contributed by atoms with Gasteiger partial charge >= 0.3 is 0 Å². The minimum Gasteiger partial charge on any atom is -0.321 e. The van der Waals surface area contributed by atoms with Crippen molar-refractivity contribution in [3.05, 3.63) is 72.2 Å². The van der Waals surface area contributed by atoms with Crippen molar-refractivity contribution in [1.29, 1.82) is 0 Å². The maximum atomic E-state index is 13.1. The van der Waals surface area contributed by atoms with E-state index in [0.717, 1.165) is 5.82 Å². The van der Waals surface area contributed by atoms with Crippen molar-refractivity contribution in [1.82, 2.24) is 14.5 Å². The van der Waals surface area contributed by atoms with Crippen LogP contribution < -0.4 is 5.32 Å². The van der Waals surface area contributed by atoms with Crippen molar-refractivity contribution >= 4 is 11.6 Å². The molecule has 0 spiro atoms. The number of aryl methyl sites for hydroxylation is 1. The Kier molecular flexibility index (Phi) is 3.65. The lowest BCUT2D eigenvalue weighted by Gasteiger charge is -2.07. The molecule has 5 nitrogen and oxygen atoms in total. The molecular weight excluding hydrogens is 283 g/mol. The predicted octanol–water partition coefficient (Wildman–Crippen LogP) is 2.97. The summed E-state index contributed by atoms with van der Waals surface area (Å²) in [4.78, 5) is 20.4. The Hall–Kier alpha value is -3.02. The summed E-state index contributed by atoms with van der Waals surface area (Å²) in [5.74, 6) is 0.701. The van der Waals surface area contributed by atoms with Gasteiger partial charge in [-0.2, -0.15) is 0 Å². The molecule has 0 saturated carbocycles. The molecule has 0 bridgehead atoms. The molecule has 0 saturated heterocycles. The molecule has 2 aromatic heterocycles. The maximum absolute atomic E-state index is 13.1. The number of benzene rings is 1. The van der Waals surface area contributed by atoms with Crippen molar-refractivity contribution in [2.45, 2.75) is 6.92 Å². The Bertz CT molecular complexity index is 811. The van der Waals surface area contributed by atoms with Crippen LogP contribution >= 0.6 is 0 Å². The second kappa shape index (κ2) is 5.77. The van der Waals surface area contributed by atoms with E-state index < -0.39 is 5.82 Å². The quantitative estimate of drug-likeness (QED) is 0.808. The molecule has 0 atom stereocenters. The van der Waals surface area contributed by atoms with Crippen LogP contribution in [0.1, 0.15) is 16.2 Å². The highest BCUT2D eigenvalue weighted by Crippen LogP contribution is 2.13. The highest BCUT2D eigenvalue weighted by molar-refractivity contribution is 6.04. The first-order valence-corrected chi connectivity index (χ1v) is 6.67. The van der Waals surface area contributed by atoms with Gasteiger partial charge in [0.1, 0.15) is 17.5 Å². The average molecular weight is 296 g/mol. The molecule has 3 aromatic rings. The molecule has 0 unspecified atom stereocenters. The number of rotatable bonds is 3. The van der Waals surface area contributed by atoms with Gasteiger partial charge in [-0.3, -0.25) is 9.36 Å². The van der Waals surface area contributed by atoms with Crippen LogP contribution in [-0.2, 0) is 0 Å². The highest BCUT2D eigenvalue weighted by Gasteiger charge is 2.08. The van der Waals surface area contributed by atoms with Crippen LogP contribution in [-0.4, -0.2) is 20.4 Å². The Balaban J connectivity index is 1.76. The fourth-order valence-corrected chi connectivity index (χ4v) is 2.06.